The predicted octanol–water partition coefficient (Wildman–Crippen LogP) is 0.519. The third-order valence-corrected chi connectivity index (χ3v) is 3.92. The van der Waals surface area contributed by atoms with Crippen molar-refractivity contribution in [1.29, 1.82) is 5.41 Å². The normalized spacial score (nSPS) is 10.7. The molecule has 0 radical (unpaired) electrons. The number of amidine groups is 1. The number of hydrogen-bond acceptors (Lipinski definition) is 6. The molecule has 10 heteroatoms. The Morgan fingerprint density at radius 3 is 2.59 bits per heavy atom. The molecular formula is C17H17N7O3. The standard InChI is InChI=1S/C17H17N7O3/c1-24-11-8-21-15(17(27)20-7-6-12(25)26)22-14(11)23-16(24)10-4-2-9(3-5-10)13(18)19/h2-5,8H,6-7H2,1H3,(H3,18,19)(H,20,27)(H,25,26). The number of nitrogens with two attached hydrogens (primary N) is 1. The maximum Gasteiger partial charge on any atom is 0.305 e. The molecule has 0 atom stereocenters. The van der Waals surface area contributed by atoms with Gasteiger partial charge in [0.1, 0.15) is 17.2 Å². The Kier molecular flexibility index (Phi) is 4.79. The first-order valence-electron chi connectivity index (χ1n) is 8.01. The molecule has 0 aliphatic rings. The van der Waals surface area contributed by atoms with Crippen LogP contribution in [0.25, 0.3) is 22.6 Å². The molecule has 0 bridgehead atoms. The summed E-state index contributed by atoms with van der Waals surface area (Å²) in [6.45, 7) is -0.00840. The molecule has 10 nitrogen and oxygen atoms in total. The average Bonchev–Trinajstić information content (AvgIpc) is 2.97. The second-order valence-corrected chi connectivity index (χ2v) is 5.79. The molecule has 1 amide bonds. The fourth-order valence-corrected chi connectivity index (χ4v) is 2.50. The number of aromatic nitrogens is 4. The van der Waals surface area contributed by atoms with Crippen LogP contribution in [0.2, 0.25) is 0 Å². The van der Waals surface area contributed by atoms with Gasteiger partial charge in [0, 0.05) is 24.7 Å². The first-order valence-corrected chi connectivity index (χ1v) is 8.01. The number of carbonyl (C=O) groups excluding carboxylic acids is 1. The molecule has 27 heavy (non-hydrogen) atoms. The number of benzene rings is 1. The number of fused-ring (bicyclic) bond motifs is 1. The van der Waals surface area contributed by atoms with Crippen molar-refractivity contribution in [1.82, 2.24) is 24.8 Å². The summed E-state index contributed by atoms with van der Waals surface area (Å²) in [4.78, 5) is 35.2. The predicted molar refractivity (Wildman–Crippen MR) is 97.3 cm³/mol. The summed E-state index contributed by atoms with van der Waals surface area (Å²) < 4.78 is 1.80. The minimum absolute atomic E-state index is 0.00840. The van der Waals surface area contributed by atoms with Gasteiger partial charge in [-0.2, -0.15) is 0 Å². The van der Waals surface area contributed by atoms with Crippen LogP contribution in [0.4, 0.5) is 0 Å². The maximum absolute atomic E-state index is 12.0. The lowest BCUT2D eigenvalue weighted by molar-refractivity contribution is -0.136. The van der Waals surface area contributed by atoms with Gasteiger partial charge in [-0.1, -0.05) is 24.3 Å². The Morgan fingerprint density at radius 1 is 1.26 bits per heavy atom. The lowest BCUT2D eigenvalue weighted by atomic mass is 10.1. The minimum Gasteiger partial charge on any atom is -0.481 e. The van der Waals surface area contributed by atoms with Gasteiger partial charge in [0.15, 0.2) is 5.65 Å². The summed E-state index contributed by atoms with van der Waals surface area (Å²) in [5, 5.41) is 18.5. The molecule has 5 N–H and O–H groups in total. The van der Waals surface area contributed by atoms with E-state index in [1.54, 1.807) is 35.9 Å². The molecule has 0 aliphatic heterocycles. The summed E-state index contributed by atoms with van der Waals surface area (Å²) in [6, 6.07) is 7.05. The summed E-state index contributed by atoms with van der Waals surface area (Å²) >= 11 is 0. The lowest BCUT2D eigenvalue weighted by Crippen LogP contribution is -2.27. The number of carbonyl (C=O) groups is 2. The van der Waals surface area contributed by atoms with Crippen molar-refractivity contribution < 1.29 is 14.7 Å². The van der Waals surface area contributed by atoms with E-state index < -0.39 is 11.9 Å². The molecule has 2 heterocycles. The van der Waals surface area contributed by atoms with E-state index in [0.717, 1.165) is 5.56 Å². The lowest BCUT2D eigenvalue weighted by Gasteiger charge is -2.04. The summed E-state index contributed by atoms with van der Waals surface area (Å²) in [5.41, 5.74) is 7.86. The third-order valence-electron chi connectivity index (χ3n) is 3.92. The Bertz CT molecular complexity index is 1040. The van der Waals surface area contributed by atoms with Gasteiger partial charge < -0.3 is 20.7 Å². The third kappa shape index (κ3) is 3.73. The minimum atomic E-state index is -1.00. The van der Waals surface area contributed by atoms with E-state index in [0.29, 0.717) is 22.6 Å². The average molecular weight is 367 g/mol. The highest BCUT2D eigenvalue weighted by molar-refractivity contribution is 5.95. The van der Waals surface area contributed by atoms with Crippen LogP contribution in [0.1, 0.15) is 22.6 Å². The van der Waals surface area contributed by atoms with Crippen molar-refractivity contribution >= 4 is 28.9 Å². The van der Waals surface area contributed by atoms with Gasteiger partial charge in [-0.15, -0.1) is 0 Å². The van der Waals surface area contributed by atoms with E-state index in [9.17, 15) is 9.59 Å². The monoisotopic (exact) mass is 367 g/mol. The van der Waals surface area contributed by atoms with Crippen LogP contribution in [-0.4, -0.2) is 48.9 Å². The number of aliphatic carboxylic acids is 1. The van der Waals surface area contributed by atoms with Gasteiger partial charge in [0.05, 0.1) is 12.6 Å². The Labute approximate surface area is 153 Å². The van der Waals surface area contributed by atoms with Crippen LogP contribution in [0.3, 0.4) is 0 Å². The number of rotatable bonds is 6. The fraction of sp³-hybridized carbons (Fsp3) is 0.176. The number of hydrogen-bond donors (Lipinski definition) is 4. The molecule has 3 rings (SSSR count). The fourth-order valence-electron chi connectivity index (χ4n) is 2.50. The topological polar surface area (TPSA) is 160 Å². The molecule has 0 fully saturated rings. The van der Waals surface area contributed by atoms with Gasteiger partial charge in [0.2, 0.25) is 5.82 Å². The molecule has 2 aromatic heterocycles. The van der Waals surface area contributed by atoms with E-state index in [2.05, 4.69) is 20.3 Å². The first-order chi connectivity index (χ1) is 12.9. The summed E-state index contributed by atoms with van der Waals surface area (Å²) in [7, 11) is 1.81. The Hall–Kier alpha value is -3.82. The molecule has 0 spiro atoms. The van der Waals surface area contributed by atoms with Gasteiger partial charge >= 0.3 is 5.97 Å². The quantitative estimate of drug-likeness (QED) is 0.365. The van der Waals surface area contributed by atoms with Gasteiger partial charge in [-0.3, -0.25) is 15.0 Å². The van der Waals surface area contributed by atoms with Crippen molar-refractivity contribution in [3.8, 4) is 11.4 Å². The Morgan fingerprint density at radius 2 is 1.96 bits per heavy atom. The van der Waals surface area contributed by atoms with Crippen LogP contribution in [0.15, 0.2) is 30.5 Å². The van der Waals surface area contributed by atoms with E-state index >= 15 is 0 Å². The van der Waals surface area contributed by atoms with Gasteiger partial charge in [-0.25, -0.2) is 15.0 Å². The number of nitrogen functional groups attached to an aromatic ring is 1. The molecule has 138 valence electrons. The number of carboxylic acids is 1. The van der Waals surface area contributed by atoms with E-state index in [-0.39, 0.29) is 24.6 Å². The van der Waals surface area contributed by atoms with Crippen molar-refractivity contribution in [3.63, 3.8) is 0 Å². The zero-order valence-electron chi connectivity index (χ0n) is 14.4. The molecule has 0 unspecified atom stereocenters. The largest absolute Gasteiger partial charge is 0.481 e. The van der Waals surface area contributed by atoms with E-state index in [1.165, 1.54) is 6.20 Å². The maximum atomic E-state index is 12.0. The zero-order valence-corrected chi connectivity index (χ0v) is 14.4. The number of amides is 1. The molecule has 1 aromatic carbocycles. The van der Waals surface area contributed by atoms with Crippen LogP contribution in [0, 0.1) is 5.41 Å². The summed E-state index contributed by atoms with van der Waals surface area (Å²) in [5.74, 6) is -1.04. The highest BCUT2D eigenvalue weighted by Gasteiger charge is 2.15. The number of aryl methyl sites for hydroxylation is 1. The zero-order chi connectivity index (χ0) is 19.6. The number of carboxylic acid groups (broad SMARTS) is 1. The van der Waals surface area contributed by atoms with Crippen molar-refractivity contribution in [2.45, 2.75) is 6.42 Å². The van der Waals surface area contributed by atoms with Crippen LogP contribution < -0.4 is 11.1 Å². The van der Waals surface area contributed by atoms with Crippen molar-refractivity contribution in [3.05, 3.63) is 41.9 Å². The molecule has 0 saturated heterocycles. The van der Waals surface area contributed by atoms with Crippen molar-refractivity contribution in [2.75, 3.05) is 6.54 Å². The van der Waals surface area contributed by atoms with E-state index in [4.69, 9.17) is 16.2 Å². The molecule has 3 aromatic rings. The van der Waals surface area contributed by atoms with Gasteiger partial charge in [0.25, 0.3) is 5.91 Å². The molecular weight excluding hydrogens is 350 g/mol. The highest BCUT2D eigenvalue weighted by Crippen LogP contribution is 2.22. The number of nitrogens with zero attached hydrogens (tertiary/aromatic N) is 4. The van der Waals surface area contributed by atoms with Gasteiger partial charge in [-0.05, 0) is 0 Å². The number of imidazole rings is 1. The van der Waals surface area contributed by atoms with Crippen LogP contribution in [0.5, 0.6) is 0 Å². The first kappa shape index (κ1) is 18.0. The highest BCUT2D eigenvalue weighted by atomic mass is 16.4. The smallest absolute Gasteiger partial charge is 0.305 e. The number of nitrogens with one attached hydrogen (secondary N) is 2. The molecule has 0 saturated carbocycles. The molecule has 0 aliphatic carbocycles. The van der Waals surface area contributed by atoms with Crippen LogP contribution >= 0.6 is 0 Å². The van der Waals surface area contributed by atoms with E-state index in [1.807, 2.05) is 0 Å². The Balaban J connectivity index is 1.89. The van der Waals surface area contributed by atoms with Crippen molar-refractivity contribution in [2.24, 2.45) is 12.8 Å². The second-order valence-electron chi connectivity index (χ2n) is 5.79. The SMILES string of the molecule is Cn1c(-c2ccc(C(=N)N)cc2)nc2nc(C(=O)NCCC(=O)O)ncc21. The van der Waals surface area contributed by atoms with Crippen LogP contribution in [-0.2, 0) is 11.8 Å². The summed E-state index contributed by atoms with van der Waals surface area (Å²) in [6.07, 6.45) is 1.31. The second kappa shape index (κ2) is 7.20.